The quantitative estimate of drug-likeness (QED) is 0.727. The Morgan fingerprint density at radius 3 is 2.69 bits per heavy atom. The first-order valence-corrected chi connectivity index (χ1v) is 5.81. The van der Waals surface area contributed by atoms with E-state index in [9.17, 15) is 0 Å². The largest absolute Gasteiger partial charge is 0.495 e. The molecule has 3 nitrogen and oxygen atoms in total. The van der Waals surface area contributed by atoms with Gasteiger partial charge in [0.15, 0.2) is 0 Å². The van der Waals surface area contributed by atoms with Crippen molar-refractivity contribution in [2.45, 2.75) is 26.2 Å². The molecule has 0 aliphatic heterocycles. The zero-order valence-corrected chi connectivity index (χ0v) is 10.4. The molecule has 0 heterocycles. The van der Waals surface area contributed by atoms with Crippen LogP contribution < -0.4 is 15.8 Å². The molecule has 16 heavy (non-hydrogen) atoms. The van der Waals surface area contributed by atoms with E-state index in [-0.39, 0.29) is 0 Å². The van der Waals surface area contributed by atoms with Crippen LogP contribution in [0.4, 0.5) is 5.69 Å². The van der Waals surface area contributed by atoms with E-state index in [0.29, 0.717) is 12.5 Å². The van der Waals surface area contributed by atoms with Crippen molar-refractivity contribution in [3.05, 3.63) is 23.8 Å². The van der Waals surface area contributed by atoms with Gasteiger partial charge in [0.2, 0.25) is 0 Å². The van der Waals surface area contributed by atoms with Gasteiger partial charge in [0.1, 0.15) is 5.75 Å². The Bertz CT molecular complexity index is 324. The summed E-state index contributed by atoms with van der Waals surface area (Å²) >= 11 is 0. The van der Waals surface area contributed by atoms with Crippen LogP contribution in [0.15, 0.2) is 18.2 Å². The SMILES string of the molecule is COc1ccc(C(C)C)cc1NCCCN. The van der Waals surface area contributed by atoms with Crippen molar-refractivity contribution in [2.24, 2.45) is 5.73 Å². The molecule has 1 aromatic carbocycles. The zero-order valence-electron chi connectivity index (χ0n) is 10.4. The summed E-state index contributed by atoms with van der Waals surface area (Å²) in [5.74, 6) is 1.42. The minimum absolute atomic E-state index is 0.529. The third-order valence-electron chi connectivity index (χ3n) is 2.59. The van der Waals surface area contributed by atoms with E-state index in [2.05, 4.69) is 31.3 Å². The predicted molar refractivity (Wildman–Crippen MR) is 69.2 cm³/mol. The highest BCUT2D eigenvalue weighted by atomic mass is 16.5. The molecule has 0 saturated heterocycles. The molecule has 0 spiro atoms. The maximum Gasteiger partial charge on any atom is 0.141 e. The molecule has 1 rings (SSSR count). The number of methoxy groups -OCH3 is 1. The second-order valence-electron chi connectivity index (χ2n) is 4.18. The number of nitrogens with one attached hydrogen (secondary N) is 1. The maximum absolute atomic E-state index is 5.47. The number of rotatable bonds is 6. The van der Waals surface area contributed by atoms with Crippen LogP contribution in [-0.4, -0.2) is 20.2 Å². The van der Waals surface area contributed by atoms with Crippen molar-refractivity contribution in [3.8, 4) is 5.75 Å². The lowest BCUT2D eigenvalue weighted by Crippen LogP contribution is -2.09. The highest BCUT2D eigenvalue weighted by Crippen LogP contribution is 2.28. The van der Waals surface area contributed by atoms with Gasteiger partial charge in [-0.25, -0.2) is 0 Å². The summed E-state index contributed by atoms with van der Waals surface area (Å²) in [6, 6.07) is 6.28. The van der Waals surface area contributed by atoms with Crippen LogP contribution in [0.1, 0.15) is 31.7 Å². The van der Waals surface area contributed by atoms with Crippen LogP contribution in [0.5, 0.6) is 5.75 Å². The molecule has 3 N–H and O–H groups in total. The van der Waals surface area contributed by atoms with Gasteiger partial charge in [0.25, 0.3) is 0 Å². The van der Waals surface area contributed by atoms with E-state index in [1.54, 1.807) is 7.11 Å². The van der Waals surface area contributed by atoms with Crippen LogP contribution in [0, 0.1) is 0 Å². The molecular weight excluding hydrogens is 200 g/mol. The van der Waals surface area contributed by atoms with Crippen molar-refractivity contribution in [2.75, 3.05) is 25.5 Å². The van der Waals surface area contributed by atoms with Gasteiger partial charge in [-0.2, -0.15) is 0 Å². The van der Waals surface area contributed by atoms with E-state index < -0.39 is 0 Å². The smallest absolute Gasteiger partial charge is 0.141 e. The molecule has 0 amide bonds. The minimum Gasteiger partial charge on any atom is -0.495 e. The number of anilines is 1. The molecular formula is C13H22N2O. The van der Waals surface area contributed by atoms with E-state index in [1.807, 2.05) is 6.07 Å². The van der Waals surface area contributed by atoms with E-state index >= 15 is 0 Å². The highest BCUT2D eigenvalue weighted by Gasteiger charge is 2.05. The first kappa shape index (κ1) is 12.8. The Balaban J connectivity index is 2.80. The molecule has 90 valence electrons. The van der Waals surface area contributed by atoms with Gasteiger partial charge < -0.3 is 15.8 Å². The number of benzene rings is 1. The highest BCUT2D eigenvalue weighted by molar-refractivity contribution is 5.58. The van der Waals surface area contributed by atoms with Crippen molar-refractivity contribution < 1.29 is 4.74 Å². The fourth-order valence-electron chi connectivity index (χ4n) is 1.55. The van der Waals surface area contributed by atoms with Crippen LogP contribution in [0.2, 0.25) is 0 Å². The van der Waals surface area contributed by atoms with Crippen molar-refractivity contribution in [1.82, 2.24) is 0 Å². The Kier molecular flexibility index (Phi) is 5.12. The van der Waals surface area contributed by atoms with E-state index in [0.717, 1.165) is 24.4 Å². The van der Waals surface area contributed by atoms with Crippen LogP contribution in [-0.2, 0) is 0 Å². The summed E-state index contributed by atoms with van der Waals surface area (Å²) < 4.78 is 5.32. The first-order chi connectivity index (χ1) is 7.69. The van der Waals surface area contributed by atoms with E-state index in [4.69, 9.17) is 10.5 Å². The standard InChI is InChI=1S/C13H22N2O/c1-10(2)11-5-6-13(16-3)12(9-11)15-8-4-7-14/h5-6,9-10,15H,4,7-8,14H2,1-3H3. The predicted octanol–water partition coefficient (Wildman–Crippen LogP) is 2.58. The molecule has 0 aromatic heterocycles. The fourth-order valence-corrected chi connectivity index (χ4v) is 1.55. The molecule has 0 aliphatic rings. The average Bonchev–Trinajstić information content (AvgIpc) is 2.29. The topological polar surface area (TPSA) is 47.3 Å². The second-order valence-corrected chi connectivity index (χ2v) is 4.18. The van der Waals surface area contributed by atoms with Crippen molar-refractivity contribution in [3.63, 3.8) is 0 Å². The summed E-state index contributed by atoms with van der Waals surface area (Å²) in [7, 11) is 1.69. The maximum atomic E-state index is 5.47. The van der Waals surface area contributed by atoms with Crippen molar-refractivity contribution in [1.29, 1.82) is 0 Å². The van der Waals surface area contributed by atoms with Gasteiger partial charge in [-0.1, -0.05) is 19.9 Å². The lowest BCUT2D eigenvalue weighted by atomic mass is 10.0. The molecule has 0 atom stereocenters. The fraction of sp³-hybridized carbons (Fsp3) is 0.538. The third-order valence-corrected chi connectivity index (χ3v) is 2.59. The lowest BCUT2D eigenvalue weighted by Gasteiger charge is -2.14. The normalized spacial score (nSPS) is 10.6. The average molecular weight is 222 g/mol. The molecule has 0 bridgehead atoms. The Morgan fingerprint density at radius 2 is 2.12 bits per heavy atom. The Labute approximate surface area is 98.0 Å². The summed E-state index contributed by atoms with van der Waals surface area (Å²) in [6.45, 7) is 5.96. The minimum atomic E-state index is 0.529. The van der Waals surface area contributed by atoms with Gasteiger partial charge in [-0.3, -0.25) is 0 Å². The summed E-state index contributed by atoms with van der Waals surface area (Å²) in [5, 5.41) is 3.36. The first-order valence-electron chi connectivity index (χ1n) is 5.81. The molecule has 0 fully saturated rings. The molecule has 0 radical (unpaired) electrons. The molecule has 0 saturated carbocycles. The number of nitrogens with two attached hydrogens (primary N) is 1. The van der Waals surface area contributed by atoms with Gasteiger partial charge >= 0.3 is 0 Å². The lowest BCUT2D eigenvalue weighted by molar-refractivity contribution is 0.416. The number of hydrogen-bond donors (Lipinski definition) is 2. The molecule has 1 aromatic rings. The summed E-state index contributed by atoms with van der Waals surface area (Å²) in [6.07, 6.45) is 0.967. The number of ether oxygens (including phenoxy) is 1. The molecule has 0 aliphatic carbocycles. The van der Waals surface area contributed by atoms with Crippen molar-refractivity contribution >= 4 is 5.69 Å². The third kappa shape index (κ3) is 3.42. The van der Waals surface area contributed by atoms with Crippen LogP contribution in [0.3, 0.4) is 0 Å². The van der Waals surface area contributed by atoms with Gasteiger partial charge in [0, 0.05) is 6.54 Å². The Hall–Kier alpha value is -1.22. The monoisotopic (exact) mass is 222 g/mol. The number of hydrogen-bond acceptors (Lipinski definition) is 3. The van der Waals surface area contributed by atoms with Gasteiger partial charge in [-0.05, 0) is 36.6 Å². The van der Waals surface area contributed by atoms with Gasteiger partial charge in [-0.15, -0.1) is 0 Å². The second kappa shape index (κ2) is 6.38. The summed E-state index contributed by atoms with van der Waals surface area (Å²) in [5.41, 5.74) is 7.84. The van der Waals surface area contributed by atoms with Crippen LogP contribution in [0.25, 0.3) is 0 Å². The van der Waals surface area contributed by atoms with Gasteiger partial charge in [0.05, 0.1) is 12.8 Å². The summed E-state index contributed by atoms with van der Waals surface area (Å²) in [4.78, 5) is 0. The zero-order chi connectivity index (χ0) is 12.0. The molecule has 0 unspecified atom stereocenters. The molecule has 3 heteroatoms. The van der Waals surface area contributed by atoms with E-state index in [1.165, 1.54) is 5.56 Å². The van der Waals surface area contributed by atoms with Crippen LogP contribution >= 0.6 is 0 Å². The Morgan fingerprint density at radius 1 is 1.38 bits per heavy atom.